The number of para-hydroxylation sites is 1. The molecule has 1 aliphatic rings. The first-order valence-electron chi connectivity index (χ1n) is 5.62. The van der Waals surface area contributed by atoms with Crippen LogP contribution in [0.4, 0.5) is 10.5 Å². The van der Waals surface area contributed by atoms with E-state index < -0.39 is 12.0 Å². The van der Waals surface area contributed by atoms with E-state index in [1.165, 1.54) is 0 Å². The van der Waals surface area contributed by atoms with Gasteiger partial charge in [-0.2, -0.15) is 0 Å². The van der Waals surface area contributed by atoms with Crippen LogP contribution >= 0.6 is 0 Å². The molecule has 1 aromatic rings. The molecule has 1 saturated heterocycles. The Morgan fingerprint density at radius 3 is 2.61 bits per heavy atom. The normalized spacial score (nSPS) is 17.1. The number of nitrogens with two attached hydrogens (primary N) is 1. The number of likely N-dealkylation sites (N-methyl/N-ethyl adjacent to an activating group) is 1. The lowest BCUT2D eigenvalue weighted by Gasteiger charge is -2.21. The SMILES string of the molecule is CN1CCN(c2ccccc2C(N)C(=O)O)C1=O. The van der Waals surface area contributed by atoms with Crippen LogP contribution in [-0.2, 0) is 4.79 Å². The minimum absolute atomic E-state index is 0.139. The monoisotopic (exact) mass is 249 g/mol. The Labute approximate surface area is 105 Å². The molecule has 3 N–H and O–H groups in total. The van der Waals surface area contributed by atoms with Crippen molar-refractivity contribution in [2.75, 3.05) is 25.0 Å². The number of carbonyl (C=O) groups is 2. The van der Waals surface area contributed by atoms with E-state index in [9.17, 15) is 9.59 Å². The number of carboxylic acid groups (broad SMARTS) is 1. The van der Waals surface area contributed by atoms with Crippen LogP contribution in [0.15, 0.2) is 24.3 Å². The number of carbonyl (C=O) groups excluding carboxylic acids is 1. The van der Waals surface area contributed by atoms with Crippen molar-refractivity contribution in [1.29, 1.82) is 0 Å². The summed E-state index contributed by atoms with van der Waals surface area (Å²) in [5, 5.41) is 8.98. The summed E-state index contributed by atoms with van der Waals surface area (Å²) in [6.45, 7) is 1.16. The van der Waals surface area contributed by atoms with Crippen LogP contribution in [0.5, 0.6) is 0 Å². The van der Waals surface area contributed by atoms with Crippen molar-refractivity contribution in [2.45, 2.75) is 6.04 Å². The number of nitrogens with zero attached hydrogens (tertiary/aromatic N) is 2. The lowest BCUT2D eigenvalue weighted by atomic mass is 10.0. The number of hydrogen-bond donors (Lipinski definition) is 2. The van der Waals surface area contributed by atoms with Crippen LogP contribution in [-0.4, -0.2) is 42.1 Å². The van der Waals surface area contributed by atoms with E-state index >= 15 is 0 Å². The summed E-state index contributed by atoms with van der Waals surface area (Å²) in [7, 11) is 1.71. The minimum atomic E-state index is -1.13. The van der Waals surface area contributed by atoms with Crippen LogP contribution in [0.1, 0.15) is 11.6 Å². The third-order valence-electron chi connectivity index (χ3n) is 3.05. The molecule has 0 aliphatic carbocycles. The van der Waals surface area contributed by atoms with Gasteiger partial charge in [0.1, 0.15) is 6.04 Å². The van der Waals surface area contributed by atoms with E-state index in [0.717, 1.165) is 0 Å². The molecule has 1 atom stereocenters. The molecular formula is C12H15N3O3. The molecule has 0 aromatic heterocycles. The van der Waals surface area contributed by atoms with E-state index in [4.69, 9.17) is 10.8 Å². The van der Waals surface area contributed by atoms with Gasteiger partial charge in [0.15, 0.2) is 0 Å². The van der Waals surface area contributed by atoms with Gasteiger partial charge in [-0.15, -0.1) is 0 Å². The smallest absolute Gasteiger partial charge is 0.325 e. The van der Waals surface area contributed by atoms with Crippen LogP contribution < -0.4 is 10.6 Å². The molecule has 0 bridgehead atoms. The molecule has 0 saturated carbocycles. The summed E-state index contributed by atoms with van der Waals surface area (Å²) in [4.78, 5) is 26.0. The Morgan fingerprint density at radius 1 is 1.39 bits per heavy atom. The van der Waals surface area contributed by atoms with Gasteiger partial charge < -0.3 is 15.7 Å². The van der Waals surface area contributed by atoms with Crippen molar-refractivity contribution in [3.05, 3.63) is 29.8 Å². The first kappa shape index (κ1) is 12.4. The number of anilines is 1. The third kappa shape index (κ3) is 2.02. The summed E-state index contributed by atoms with van der Waals surface area (Å²) >= 11 is 0. The maximum Gasteiger partial charge on any atom is 0.325 e. The second-order valence-corrected chi connectivity index (χ2v) is 4.23. The van der Waals surface area contributed by atoms with E-state index in [1.807, 2.05) is 0 Å². The summed E-state index contributed by atoms with van der Waals surface area (Å²) in [5.74, 6) is -1.11. The van der Waals surface area contributed by atoms with Crippen molar-refractivity contribution in [3.8, 4) is 0 Å². The highest BCUT2D eigenvalue weighted by molar-refractivity contribution is 5.95. The van der Waals surface area contributed by atoms with Gasteiger partial charge in [-0.3, -0.25) is 9.69 Å². The average Bonchev–Trinajstić information content (AvgIpc) is 2.69. The van der Waals surface area contributed by atoms with Crippen LogP contribution in [0.3, 0.4) is 0 Å². The molecule has 18 heavy (non-hydrogen) atoms. The molecule has 1 fully saturated rings. The molecule has 6 heteroatoms. The third-order valence-corrected chi connectivity index (χ3v) is 3.05. The number of rotatable bonds is 3. The summed E-state index contributed by atoms with van der Waals surface area (Å²) < 4.78 is 0. The predicted octanol–water partition coefficient (Wildman–Crippen LogP) is 0.643. The average molecular weight is 249 g/mol. The van der Waals surface area contributed by atoms with Crippen molar-refractivity contribution in [3.63, 3.8) is 0 Å². The van der Waals surface area contributed by atoms with Gasteiger partial charge in [0, 0.05) is 25.7 Å². The lowest BCUT2D eigenvalue weighted by molar-refractivity contribution is -0.138. The standard InChI is InChI=1S/C12H15N3O3/c1-14-6-7-15(12(14)18)9-5-3-2-4-8(9)10(13)11(16)17/h2-5,10H,6-7,13H2,1H3,(H,16,17). The van der Waals surface area contributed by atoms with E-state index in [-0.39, 0.29) is 6.03 Å². The highest BCUT2D eigenvalue weighted by Crippen LogP contribution is 2.27. The first-order chi connectivity index (χ1) is 8.52. The van der Waals surface area contributed by atoms with Crippen molar-refractivity contribution in [1.82, 2.24) is 4.90 Å². The van der Waals surface area contributed by atoms with Crippen molar-refractivity contribution in [2.24, 2.45) is 5.73 Å². The second kappa shape index (κ2) is 4.66. The number of carboxylic acids is 1. The second-order valence-electron chi connectivity index (χ2n) is 4.23. The van der Waals surface area contributed by atoms with E-state index in [2.05, 4.69) is 0 Å². The Bertz CT molecular complexity index is 489. The predicted molar refractivity (Wildman–Crippen MR) is 66.4 cm³/mol. The Balaban J connectivity index is 2.39. The molecule has 1 aromatic carbocycles. The number of hydrogen-bond acceptors (Lipinski definition) is 3. The summed E-state index contributed by atoms with van der Waals surface area (Å²) in [5.41, 5.74) is 6.66. The molecule has 1 aliphatic heterocycles. The fourth-order valence-corrected chi connectivity index (χ4v) is 2.00. The van der Waals surface area contributed by atoms with Crippen molar-refractivity contribution >= 4 is 17.7 Å². The van der Waals surface area contributed by atoms with Crippen LogP contribution in [0.25, 0.3) is 0 Å². The molecule has 1 unspecified atom stereocenters. The number of amides is 2. The van der Waals surface area contributed by atoms with Crippen molar-refractivity contribution < 1.29 is 14.7 Å². The number of benzene rings is 1. The molecular weight excluding hydrogens is 234 g/mol. The van der Waals surface area contributed by atoms with Crippen LogP contribution in [0.2, 0.25) is 0 Å². The summed E-state index contributed by atoms with van der Waals surface area (Å²) in [6.07, 6.45) is 0. The topological polar surface area (TPSA) is 86.9 Å². The van der Waals surface area contributed by atoms with E-state index in [0.29, 0.717) is 24.3 Å². The Morgan fingerprint density at radius 2 is 2.06 bits per heavy atom. The van der Waals surface area contributed by atoms with Gasteiger partial charge in [0.05, 0.1) is 5.69 Å². The van der Waals surface area contributed by atoms with Gasteiger partial charge in [-0.1, -0.05) is 18.2 Å². The minimum Gasteiger partial charge on any atom is -0.480 e. The summed E-state index contributed by atoms with van der Waals surface area (Å²) in [6, 6.07) is 5.57. The van der Waals surface area contributed by atoms with Gasteiger partial charge in [-0.25, -0.2) is 4.79 Å². The molecule has 96 valence electrons. The van der Waals surface area contributed by atoms with Gasteiger partial charge in [0.25, 0.3) is 0 Å². The molecule has 2 rings (SSSR count). The Hall–Kier alpha value is -2.08. The zero-order chi connectivity index (χ0) is 13.3. The van der Waals surface area contributed by atoms with Crippen LogP contribution in [0, 0.1) is 0 Å². The fourth-order valence-electron chi connectivity index (χ4n) is 2.00. The fraction of sp³-hybridized carbons (Fsp3) is 0.333. The van der Waals surface area contributed by atoms with Gasteiger partial charge in [-0.05, 0) is 6.07 Å². The Kier molecular flexibility index (Phi) is 3.20. The molecule has 6 nitrogen and oxygen atoms in total. The largest absolute Gasteiger partial charge is 0.480 e. The zero-order valence-electron chi connectivity index (χ0n) is 10.0. The quantitative estimate of drug-likeness (QED) is 0.823. The first-order valence-corrected chi connectivity index (χ1v) is 5.62. The van der Waals surface area contributed by atoms with Gasteiger partial charge >= 0.3 is 12.0 Å². The zero-order valence-corrected chi connectivity index (χ0v) is 10.0. The molecule has 0 spiro atoms. The highest BCUT2D eigenvalue weighted by atomic mass is 16.4. The molecule has 2 amide bonds. The molecule has 0 radical (unpaired) electrons. The number of aliphatic carboxylic acids is 1. The lowest BCUT2D eigenvalue weighted by Crippen LogP contribution is -2.31. The van der Waals surface area contributed by atoms with Gasteiger partial charge in [0.2, 0.25) is 0 Å². The van der Waals surface area contributed by atoms with E-state index in [1.54, 1.807) is 41.1 Å². The molecule has 1 heterocycles. The maximum absolute atomic E-state index is 11.9. The number of urea groups is 1. The highest BCUT2D eigenvalue weighted by Gasteiger charge is 2.30. The maximum atomic E-state index is 11.9.